The standard InChI is InChI=1S/C15H27NO4/c1-15(2,11-17)7-5-3-4-6-8-20-14(19)13-9-12(18)10-16-13/h11-13,16,18H,3-10H2,1-2H3. The molecule has 20 heavy (non-hydrogen) atoms. The van der Waals surface area contributed by atoms with Gasteiger partial charge in [-0.05, 0) is 12.8 Å². The van der Waals surface area contributed by atoms with Crippen LogP contribution >= 0.6 is 0 Å². The number of esters is 1. The van der Waals surface area contributed by atoms with E-state index in [1.807, 2.05) is 13.8 Å². The van der Waals surface area contributed by atoms with Crippen LogP contribution in [-0.2, 0) is 14.3 Å². The molecule has 5 nitrogen and oxygen atoms in total. The van der Waals surface area contributed by atoms with Crippen LogP contribution in [0, 0.1) is 5.41 Å². The van der Waals surface area contributed by atoms with Gasteiger partial charge in [0.25, 0.3) is 0 Å². The van der Waals surface area contributed by atoms with E-state index in [4.69, 9.17) is 4.74 Å². The number of rotatable bonds is 9. The first-order valence-electron chi connectivity index (χ1n) is 7.49. The van der Waals surface area contributed by atoms with Crippen molar-refractivity contribution in [1.82, 2.24) is 5.32 Å². The van der Waals surface area contributed by atoms with Gasteiger partial charge in [-0.25, -0.2) is 0 Å². The van der Waals surface area contributed by atoms with Gasteiger partial charge in [0, 0.05) is 18.4 Å². The minimum atomic E-state index is -0.436. The smallest absolute Gasteiger partial charge is 0.323 e. The molecule has 1 heterocycles. The molecule has 1 aliphatic rings. The van der Waals surface area contributed by atoms with Crippen molar-refractivity contribution in [1.29, 1.82) is 0 Å². The Labute approximate surface area is 121 Å². The van der Waals surface area contributed by atoms with E-state index in [0.717, 1.165) is 38.4 Å². The first kappa shape index (κ1) is 17.1. The molecular weight excluding hydrogens is 258 g/mol. The van der Waals surface area contributed by atoms with Crippen LogP contribution in [0.4, 0.5) is 0 Å². The first-order chi connectivity index (χ1) is 9.44. The van der Waals surface area contributed by atoms with Gasteiger partial charge in [-0.1, -0.05) is 33.1 Å². The van der Waals surface area contributed by atoms with Crippen LogP contribution in [0.5, 0.6) is 0 Å². The largest absolute Gasteiger partial charge is 0.465 e. The maximum Gasteiger partial charge on any atom is 0.323 e. The van der Waals surface area contributed by atoms with Crippen LogP contribution in [0.3, 0.4) is 0 Å². The number of β-amino-alcohol motifs (C(OH)–C–C–N with tert-alkyl or cyclic N) is 1. The second kappa shape index (κ2) is 8.37. The highest BCUT2D eigenvalue weighted by Gasteiger charge is 2.28. The molecule has 0 saturated carbocycles. The van der Waals surface area contributed by atoms with Gasteiger partial charge in [0.2, 0.25) is 0 Å². The number of ether oxygens (including phenoxy) is 1. The van der Waals surface area contributed by atoms with Crippen molar-refractivity contribution in [3.05, 3.63) is 0 Å². The highest BCUT2D eigenvalue weighted by atomic mass is 16.5. The number of hydrogen-bond acceptors (Lipinski definition) is 5. The molecule has 0 aromatic heterocycles. The quantitative estimate of drug-likeness (QED) is 0.381. The van der Waals surface area contributed by atoms with Gasteiger partial charge < -0.3 is 20.0 Å². The van der Waals surface area contributed by atoms with E-state index in [1.54, 1.807) is 0 Å². The predicted molar refractivity (Wildman–Crippen MR) is 76.3 cm³/mol. The fraction of sp³-hybridized carbons (Fsp3) is 0.867. The summed E-state index contributed by atoms with van der Waals surface area (Å²) < 4.78 is 5.17. The molecule has 1 saturated heterocycles. The highest BCUT2D eigenvalue weighted by Crippen LogP contribution is 2.20. The van der Waals surface area contributed by atoms with Crippen LogP contribution in [0.1, 0.15) is 52.4 Å². The third kappa shape index (κ3) is 6.48. The second-order valence-corrected chi connectivity index (χ2v) is 6.29. The monoisotopic (exact) mass is 285 g/mol. The highest BCUT2D eigenvalue weighted by molar-refractivity contribution is 5.76. The fourth-order valence-corrected chi connectivity index (χ4v) is 2.27. The van der Waals surface area contributed by atoms with Crippen LogP contribution in [0.2, 0.25) is 0 Å². The number of unbranched alkanes of at least 4 members (excludes halogenated alkanes) is 3. The number of aliphatic hydroxyl groups excluding tert-OH is 1. The van der Waals surface area contributed by atoms with E-state index < -0.39 is 6.10 Å². The lowest BCUT2D eigenvalue weighted by molar-refractivity contribution is -0.146. The number of carbonyl (C=O) groups excluding carboxylic acids is 2. The lowest BCUT2D eigenvalue weighted by atomic mass is 9.89. The average Bonchev–Trinajstić information content (AvgIpc) is 2.84. The Morgan fingerprint density at radius 1 is 1.35 bits per heavy atom. The molecule has 0 aromatic rings. The van der Waals surface area contributed by atoms with E-state index in [-0.39, 0.29) is 17.4 Å². The van der Waals surface area contributed by atoms with Crippen molar-refractivity contribution in [2.75, 3.05) is 13.2 Å². The zero-order valence-corrected chi connectivity index (χ0v) is 12.6. The van der Waals surface area contributed by atoms with Crippen molar-refractivity contribution in [3.63, 3.8) is 0 Å². The lowest BCUT2D eigenvalue weighted by Crippen LogP contribution is -2.32. The van der Waals surface area contributed by atoms with Gasteiger partial charge in [0.15, 0.2) is 0 Å². The summed E-state index contributed by atoms with van der Waals surface area (Å²) in [4.78, 5) is 22.4. The van der Waals surface area contributed by atoms with Gasteiger partial charge in [-0.15, -0.1) is 0 Å². The molecule has 116 valence electrons. The summed E-state index contributed by atoms with van der Waals surface area (Å²) in [6.45, 7) is 4.80. The summed E-state index contributed by atoms with van der Waals surface area (Å²) in [6.07, 6.45) is 5.85. The van der Waals surface area contributed by atoms with Crippen LogP contribution < -0.4 is 5.32 Å². The van der Waals surface area contributed by atoms with E-state index in [2.05, 4.69) is 5.32 Å². The molecule has 0 spiro atoms. The molecule has 2 unspecified atom stereocenters. The van der Waals surface area contributed by atoms with Crippen molar-refractivity contribution >= 4 is 12.3 Å². The molecule has 0 radical (unpaired) electrons. The first-order valence-corrected chi connectivity index (χ1v) is 7.49. The Hall–Kier alpha value is -0.940. The Morgan fingerprint density at radius 3 is 2.65 bits per heavy atom. The Kier molecular flexibility index (Phi) is 7.16. The number of aliphatic hydroxyl groups is 1. The second-order valence-electron chi connectivity index (χ2n) is 6.29. The molecule has 2 N–H and O–H groups in total. The zero-order valence-electron chi connectivity index (χ0n) is 12.6. The average molecular weight is 285 g/mol. The fourth-order valence-electron chi connectivity index (χ4n) is 2.27. The van der Waals surface area contributed by atoms with E-state index in [9.17, 15) is 14.7 Å². The van der Waals surface area contributed by atoms with Crippen LogP contribution in [0.15, 0.2) is 0 Å². The van der Waals surface area contributed by atoms with Crippen LogP contribution in [0.25, 0.3) is 0 Å². The summed E-state index contributed by atoms with van der Waals surface area (Å²) >= 11 is 0. The van der Waals surface area contributed by atoms with Gasteiger partial charge in [-0.3, -0.25) is 4.79 Å². The Balaban J connectivity index is 1.97. The lowest BCUT2D eigenvalue weighted by Gasteiger charge is -2.15. The minimum absolute atomic E-state index is 0.221. The normalized spacial score (nSPS) is 22.8. The molecule has 1 aliphatic heterocycles. The maximum absolute atomic E-state index is 11.6. The predicted octanol–water partition coefficient (Wildman–Crippen LogP) is 1.43. The summed E-state index contributed by atoms with van der Waals surface area (Å²) in [5, 5.41) is 12.2. The maximum atomic E-state index is 11.6. The summed E-state index contributed by atoms with van der Waals surface area (Å²) in [7, 11) is 0. The third-order valence-corrected chi connectivity index (χ3v) is 3.67. The van der Waals surface area contributed by atoms with Crippen molar-refractivity contribution in [3.8, 4) is 0 Å². The number of nitrogens with one attached hydrogen (secondary N) is 1. The van der Waals surface area contributed by atoms with Crippen molar-refractivity contribution in [2.24, 2.45) is 5.41 Å². The molecule has 5 heteroatoms. The molecule has 1 rings (SSSR count). The Morgan fingerprint density at radius 2 is 2.05 bits per heavy atom. The van der Waals surface area contributed by atoms with Gasteiger partial charge in [-0.2, -0.15) is 0 Å². The minimum Gasteiger partial charge on any atom is -0.465 e. The SMILES string of the molecule is CC(C)(C=O)CCCCCCOC(=O)C1CC(O)CN1. The topological polar surface area (TPSA) is 75.6 Å². The van der Waals surface area contributed by atoms with Gasteiger partial charge in [0.1, 0.15) is 12.3 Å². The van der Waals surface area contributed by atoms with Gasteiger partial charge in [0.05, 0.1) is 12.7 Å². The Bertz CT molecular complexity index is 317. The number of hydrogen-bond donors (Lipinski definition) is 2. The van der Waals surface area contributed by atoms with Crippen LogP contribution in [-0.4, -0.2) is 42.7 Å². The van der Waals surface area contributed by atoms with Crippen molar-refractivity contribution in [2.45, 2.75) is 64.5 Å². The number of aldehydes is 1. The zero-order chi connectivity index (χ0) is 15.0. The molecule has 0 aromatic carbocycles. The van der Waals surface area contributed by atoms with E-state index in [1.165, 1.54) is 0 Å². The molecule has 2 atom stereocenters. The molecular formula is C15H27NO4. The molecule has 0 bridgehead atoms. The van der Waals surface area contributed by atoms with Crippen molar-refractivity contribution < 1.29 is 19.4 Å². The van der Waals surface area contributed by atoms with E-state index >= 15 is 0 Å². The molecule has 0 amide bonds. The summed E-state index contributed by atoms with van der Waals surface area (Å²) in [5.41, 5.74) is -0.221. The molecule has 0 aliphatic carbocycles. The summed E-state index contributed by atoms with van der Waals surface area (Å²) in [6, 6.07) is -0.349. The third-order valence-electron chi connectivity index (χ3n) is 3.67. The molecule has 1 fully saturated rings. The summed E-state index contributed by atoms with van der Waals surface area (Å²) in [5.74, 6) is -0.261. The van der Waals surface area contributed by atoms with E-state index in [0.29, 0.717) is 19.6 Å². The number of carbonyl (C=O) groups is 2. The van der Waals surface area contributed by atoms with Gasteiger partial charge >= 0.3 is 5.97 Å².